The van der Waals surface area contributed by atoms with Gasteiger partial charge in [0.15, 0.2) is 11.5 Å². The molecule has 20 heavy (non-hydrogen) atoms. The first kappa shape index (κ1) is 14.4. The minimum atomic E-state index is -0.341. The molecule has 0 fully saturated rings. The van der Waals surface area contributed by atoms with Crippen molar-refractivity contribution in [3.8, 4) is 17.6 Å². The van der Waals surface area contributed by atoms with Crippen LogP contribution in [0.1, 0.15) is 11.1 Å². The van der Waals surface area contributed by atoms with Crippen molar-refractivity contribution < 1.29 is 13.9 Å². The molecule has 0 spiro atoms. The molecular weight excluding hydrogens is 325 g/mol. The summed E-state index contributed by atoms with van der Waals surface area (Å²) in [6.45, 7) is 0.0847. The number of hydrogen-bond donors (Lipinski definition) is 0. The van der Waals surface area contributed by atoms with Gasteiger partial charge in [-0.1, -0.05) is 22.0 Å². The van der Waals surface area contributed by atoms with Crippen molar-refractivity contribution >= 4 is 15.9 Å². The molecule has 0 radical (unpaired) electrons. The second-order valence-electron chi connectivity index (χ2n) is 4.00. The summed E-state index contributed by atoms with van der Waals surface area (Å²) in [5, 5.41) is 8.82. The van der Waals surface area contributed by atoms with Crippen LogP contribution in [0.25, 0.3) is 0 Å². The summed E-state index contributed by atoms with van der Waals surface area (Å²) in [4.78, 5) is 0. The molecule has 0 amide bonds. The third-order valence-corrected chi connectivity index (χ3v) is 3.18. The van der Waals surface area contributed by atoms with Crippen molar-refractivity contribution in [1.29, 1.82) is 5.26 Å². The smallest absolute Gasteiger partial charge is 0.162 e. The van der Waals surface area contributed by atoms with Crippen LogP contribution < -0.4 is 9.47 Å². The van der Waals surface area contributed by atoms with Gasteiger partial charge in [-0.25, -0.2) is 4.39 Å². The fourth-order valence-electron chi connectivity index (χ4n) is 1.65. The van der Waals surface area contributed by atoms with Crippen LogP contribution >= 0.6 is 15.9 Å². The maximum Gasteiger partial charge on any atom is 0.162 e. The number of rotatable bonds is 4. The molecule has 0 N–H and O–H groups in total. The molecule has 0 unspecified atom stereocenters. The zero-order valence-electron chi connectivity index (χ0n) is 10.7. The fourth-order valence-corrected chi connectivity index (χ4v) is 1.98. The van der Waals surface area contributed by atoms with Crippen LogP contribution in [0.2, 0.25) is 0 Å². The Kier molecular flexibility index (Phi) is 4.59. The van der Waals surface area contributed by atoms with Crippen molar-refractivity contribution in [2.45, 2.75) is 6.61 Å². The zero-order chi connectivity index (χ0) is 14.5. The van der Waals surface area contributed by atoms with Crippen molar-refractivity contribution in [2.24, 2.45) is 0 Å². The maximum atomic E-state index is 13.7. The average molecular weight is 336 g/mol. The molecule has 0 atom stereocenters. The molecule has 2 aromatic carbocycles. The lowest BCUT2D eigenvalue weighted by molar-refractivity contribution is 0.279. The second kappa shape index (κ2) is 6.40. The predicted octanol–water partition coefficient (Wildman–Crippen LogP) is 4.05. The van der Waals surface area contributed by atoms with Crippen LogP contribution in [0, 0.1) is 17.1 Å². The number of methoxy groups -OCH3 is 1. The lowest BCUT2D eigenvalue weighted by Gasteiger charge is -2.11. The van der Waals surface area contributed by atoms with E-state index in [0.29, 0.717) is 27.1 Å². The highest BCUT2D eigenvalue weighted by Gasteiger charge is 2.08. The third-order valence-electron chi connectivity index (χ3n) is 2.69. The van der Waals surface area contributed by atoms with Crippen LogP contribution in [0.3, 0.4) is 0 Å². The van der Waals surface area contributed by atoms with Crippen molar-refractivity contribution in [3.05, 3.63) is 57.8 Å². The minimum Gasteiger partial charge on any atom is -0.493 e. The van der Waals surface area contributed by atoms with E-state index >= 15 is 0 Å². The van der Waals surface area contributed by atoms with E-state index in [4.69, 9.17) is 14.7 Å². The predicted molar refractivity (Wildman–Crippen MR) is 76.1 cm³/mol. The molecule has 2 rings (SSSR count). The summed E-state index contributed by atoms with van der Waals surface area (Å²) in [5.74, 6) is 0.572. The average Bonchev–Trinajstić information content (AvgIpc) is 2.46. The molecule has 3 nitrogen and oxygen atoms in total. The summed E-state index contributed by atoms with van der Waals surface area (Å²) >= 11 is 3.20. The van der Waals surface area contributed by atoms with E-state index in [0.717, 1.165) is 0 Å². The van der Waals surface area contributed by atoms with Gasteiger partial charge in [-0.3, -0.25) is 0 Å². The number of nitrogens with zero attached hydrogens (tertiary/aromatic N) is 1. The van der Waals surface area contributed by atoms with Crippen LogP contribution in [0.5, 0.6) is 11.5 Å². The third kappa shape index (κ3) is 3.28. The zero-order valence-corrected chi connectivity index (χ0v) is 12.3. The van der Waals surface area contributed by atoms with E-state index in [9.17, 15) is 4.39 Å². The first-order chi connectivity index (χ1) is 9.63. The van der Waals surface area contributed by atoms with Gasteiger partial charge in [0.2, 0.25) is 0 Å². The number of halogens is 2. The molecule has 0 bridgehead atoms. The van der Waals surface area contributed by atoms with Crippen LogP contribution in [0.4, 0.5) is 4.39 Å². The molecule has 0 aliphatic carbocycles. The Labute approximate surface area is 124 Å². The Balaban J connectivity index is 2.16. The van der Waals surface area contributed by atoms with Gasteiger partial charge in [-0.2, -0.15) is 5.26 Å². The normalized spacial score (nSPS) is 9.90. The van der Waals surface area contributed by atoms with Gasteiger partial charge in [0, 0.05) is 16.1 Å². The molecule has 0 saturated carbocycles. The number of hydrogen-bond acceptors (Lipinski definition) is 3. The monoisotopic (exact) mass is 335 g/mol. The quantitative estimate of drug-likeness (QED) is 0.846. The maximum absolute atomic E-state index is 13.7. The first-order valence-electron chi connectivity index (χ1n) is 5.79. The Morgan fingerprint density at radius 2 is 2.00 bits per heavy atom. The Morgan fingerprint density at radius 1 is 1.20 bits per heavy atom. The van der Waals surface area contributed by atoms with E-state index in [2.05, 4.69) is 15.9 Å². The van der Waals surface area contributed by atoms with E-state index in [1.807, 2.05) is 6.07 Å². The first-order valence-corrected chi connectivity index (χ1v) is 6.58. The number of benzene rings is 2. The van der Waals surface area contributed by atoms with Crippen molar-refractivity contribution in [2.75, 3.05) is 7.11 Å². The molecule has 0 saturated heterocycles. The lowest BCUT2D eigenvalue weighted by atomic mass is 10.2. The van der Waals surface area contributed by atoms with Gasteiger partial charge in [-0.05, 0) is 24.3 Å². The van der Waals surface area contributed by atoms with Crippen LogP contribution in [0.15, 0.2) is 40.9 Å². The van der Waals surface area contributed by atoms with Gasteiger partial charge < -0.3 is 9.47 Å². The summed E-state index contributed by atoms with van der Waals surface area (Å²) in [5.41, 5.74) is 0.920. The number of ether oxygens (including phenoxy) is 2. The van der Waals surface area contributed by atoms with Crippen molar-refractivity contribution in [3.63, 3.8) is 0 Å². The topological polar surface area (TPSA) is 42.2 Å². The largest absolute Gasteiger partial charge is 0.493 e. The van der Waals surface area contributed by atoms with E-state index in [1.165, 1.54) is 13.2 Å². The molecule has 0 heterocycles. The highest BCUT2D eigenvalue weighted by Crippen LogP contribution is 2.29. The highest BCUT2D eigenvalue weighted by molar-refractivity contribution is 9.10. The standard InChI is InChI=1S/C15H11BrFNO2/c1-19-15-6-10(8-18)2-5-14(15)20-9-11-3-4-12(16)7-13(11)17/h2-7H,9H2,1H3. The van der Waals surface area contributed by atoms with Gasteiger partial charge in [0.05, 0.1) is 18.7 Å². The van der Waals surface area contributed by atoms with Gasteiger partial charge in [0.25, 0.3) is 0 Å². The summed E-state index contributed by atoms with van der Waals surface area (Å²) in [6, 6.07) is 11.6. The van der Waals surface area contributed by atoms with Crippen LogP contribution in [-0.4, -0.2) is 7.11 Å². The molecule has 5 heteroatoms. The summed E-state index contributed by atoms with van der Waals surface area (Å²) in [7, 11) is 1.49. The van der Waals surface area contributed by atoms with E-state index in [-0.39, 0.29) is 12.4 Å². The molecule has 0 aliphatic heterocycles. The molecular formula is C15H11BrFNO2. The van der Waals surface area contributed by atoms with Crippen molar-refractivity contribution in [1.82, 2.24) is 0 Å². The lowest BCUT2D eigenvalue weighted by Crippen LogP contribution is -2.00. The Bertz CT molecular complexity index is 667. The van der Waals surface area contributed by atoms with Crippen LogP contribution in [-0.2, 0) is 6.61 Å². The minimum absolute atomic E-state index is 0.0847. The Morgan fingerprint density at radius 3 is 2.65 bits per heavy atom. The van der Waals surface area contributed by atoms with Gasteiger partial charge in [0.1, 0.15) is 12.4 Å². The van der Waals surface area contributed by atoms with Gasteiger partial charge >= 0.3 is 0 Å². The highest BCUT2D eigenvalue weighted by atomic mass is 79.9. The SMILES string of the molecule is COc1cc(C#N)ccc1OCc1ccc(Br)cc1F. The molecule has 102 valence electrons. The molecule has 0 aromatic heterocycles. The Hall–Kier alpha value is -2.06. The summed E-state index contributed by atoms with van der Waals surface area (Å²) in [6.07, 6.45) is 0. The van der Waals surface area contributed by atoms with E-state index in [1.54, 1.807) is 30.3 Å². The second-order valence-corrected chi connectivity index (χ2v) is 4.92. The fraction of sp³-hybridized carbons (Fsp3) is 0.133. The number of nitriles is 1. The van der Waals surface area contributed by atoms with Gasteiger partial charge in [-0.15, -0.1) is 0 Å². The molecule has 2 aromatic rings. The summed E-state index contributed by atoms with van der Waals surface area (Å²) < 4.78 is 25.0. The van der Waals surface area contributed by atoms with E-state index < -0.39 is 0 Å². The molecule has 0 aliphatic rings.